The number of thiophene rings is 1. The highest BCUT2D eigenvalue weighted by Gasteiger charge is 2.23. The van der Waals surface area contributed by atoms with E-state index >= 15 is 0 Å². The fourth-order valence-corrected chi connectivity index (χ4v) is 4.19. The van der Waals surface area contributed by atoms with E-state index in [0.717, 1.165) is 28.5 Å². The van der Waals surface area contributed by atoms with Crippen LogP contribution in [0.25, 0.3) is 0 Å². The smallest absolute Gasteiger partial charge is 0.256 e. The average Bonchev–Trinajstić information content (AvgIpc) is 3.22. The number of nitrogens with one attached hydrogen (secondary N) is 2. The summed E-state index contributed by atoms with van der Waals surface area (Å²) in [6, 6.07) is 22.7. The lowest BCUT2D eigenvalue weighted by atomic mass is 10.0. The summed E-state index contributed by atoms with van der Waals surface area (Å²) in [5.41, 5.74) is 2.46. The zero-order valence-electron chi connectivity index (χ0n) is 16.6. The van der Waals surface area contributed by atoms with E-state index in [1.807, 2.05) is 66.7 Å². The van der Waals surface area contributed by atoms with Crippen LogP contribution in [-0.2, 0) is 6.42 Å². The van der Waals surface area contributed by atoms with Crippen LogP contribution in [0.1, 0.15) is 39.5 Å². The number of aromatic nitrogens is 2. The van der Waals surface area contributed by atoms with Gasteiger partial charge in [0.15, 0.2) is 0 Å². The molecule has 6 heteroatoms. The summed E-state index contributed by atoms with van der Waals surface area (Å²) >= 11 is 1.60. The Morgan fingerprint density at radius 3 is 2.37 bits per heavy atom. The van der Waals surface area contributed by atoms with E-state index in [2.05, 4.69) is 33.6 Å². The minimum atomic E-state index is -0.247. The van der Waals surface area contributed by atoms with Crippen molar-refractivity contribution in [3.63, 3.8) is 0 Å². The number of carbonyl (C=O) groups excluding carboxylic acids is 1. The van der Waals surface area contributed by atoms with Gasteiger partial charge in [-0.3, -0.25) is 9.78 Å². The number of aryl methyl sites for hydroxylation is 1. The minimum absolute atomic E-state index is 0.126. The molecule has 0 saturated carbocycles. The van der Waals surface area contributed by atoms with Gasteiger partial charge in [0.05, 0.1) is 11.7 Å². The van der Waals surface area contributed by atoms with Gasteiger partial charge in [0.25, 0.3) is 5.91 Å². The molecule has 1 amide bonds. The van der Waals surface area contributed by atoms with E-state index in [9.17, 15) is 4.79 Å². The number of rotatable bonds is 7. The zero-order chi connectivity index (χ0) is 20.8. The Hall–Kier alpha value is -3.51. The van der Waals surface area contributed by atoms with Gasteiger partial charge in [-0.15, -0.1) is 11.3 Å². The highest BCUT2D eigenvalue weighted by atomic mass is 32.1. The molecule has 0 aliphatic carbocycles. The fourth-order valence-electron chi connectivity index (χ4n) is 3.16. The van der Waals surface area contributed by atoms with Crippen molar-refractivity contribution >= 4 is 28.1 Å². The maximum absolute atomic E-state index is 12.8. The van der Waals surface area contributed by atoms with Crippen LogP contribution in [0.15, 0.2) is 85.2 Å². The minimum Gasteiger partial charge on any atom is -0.357 e. The van der Waals surface area contributed by atoms with E-state index in [4.69, 9.17) is 0 Å². The van der Waals surface area contributed by atoms with Crippen LogP contribution in [0.2, 0.25) is 0 Å². The summed E-state index contributed by atoms with van der Waals surface area (Å²) in [6.07, 6.45) is 4.41. The molecule has 0 aliphatic heterocycles. The normalized spacial score (nSPS) is 11.6. The number of anilines is 2. The van der Waals surface area contributed by atoms with E-state index in [-0.39, 0.29) is 11.9 Å². The predicted octanol–water partition coefficient (Wildman–Crippen LogP) is 5.55. The van der Waals surface area contributed by atoms with Crippen LogP contribution in [0.5, 0.6) is 0 Å². The summed E-state index contributed by atoms with van der Waals surface area (Å²) in [6.45, 7) is 2.11. The first kappa shape index (κ1) is 19.8. The van der Waals surface area contributed by atoms with Crippen LogP contribution in [0.4, 0.5) is 10.8 Å². The van der Waals surface area contributed by atoms with E-state index in [1.54, 1.807) is 23.7 Å². The second kappa shape index (κ2) is 9.33. The van der Waals surface area contributed by atoms with Gasteiger partial charge in [-0.05, 0) is 48.9 Å². The number of carbonyl (C=O) groups is 1. The standard InChI is InChI=1S/C24H22N4OS/c1-2-18-16-19(24(30-18)28-23(29)17-10-4-3-5-11-17)22(20-12-6-8-14-25-20)27-21-13-7-9-15-26-21/h3-16,22H,2H2,1H3,(H,26,27)(H,28,29)/t22-/m0/s1. The molecule has 3 aromatic heterocycles. The molecule has 0 bridgehead atoms. The molecule has 1 atom stereocenters. The van der Waals surface area contributed by atoms with Gasteiger partial charge < -0.3 is 10.6 Å². The molecule has 150 valence electrons. The third-order valence-corrected chi connectivity index (χ3v) is 5.89. The number of amides is 1. The Morgan fingerprint density at radius 2 is 1.70 bits per heavy atom. The van der Waals surface area contributed by atoms with Crippen molar-refractivity contribution in [3.05, 3.63) is 107 Å². The number of pyridine rings is 2. The molecule has 2 N–H and O–H groups in total. The predicted molar refractivity (Wildman–Crippen MR) is 122 cm³/mol. The summed E-state index contributed by atoms with van der Waals surface area (Å²) in [5.74, 6) is 0.622. The SMILES string of the molecule is CCc1cc([C@H](Nc2ccccn2)c2ccccn2)c(NC(=O)c2ccccc2)s1. The largest absolute Gasteiger partial charge is 0.357 e. The lowest BCUT2D eigenvalue weighted by molar-refractivity contribution is 0.102. The van der Waals surface area contributed by atoms with Gasteiger partial charge in [0.1, 0.15) is 10.8 Å². The molecule has 30 heavy (non-hydrogen) atoms. The molecule has 4 aromatic rings. The van der Waals surface area contributed by atoms with Gasteiger partial charge in [-0.2, -0.15) is 0 Å². The first-order chi connectivity index (χ1) is 14.7. The molecular weight excluding hydrogens is 392 g/mol. The molecule has 0 fully saturated rings. The van der Waals surface area contributed by atoms with Crippen molar-refractivity contribution in [1.82, 2.24) is 9.97 Å². The molecule has 1 aromatic carbocycles. The molecule has 3 heterocycles. The van der Waals surface area contributed by atoms with Crippen LogP contribution in [0.3, 0.4) is 0 Å². The van der Waals surface area contributed by atoms with E-state index in [0.29, 0.717) is 5.56 Å². The van der Waals surface area contributed by atoms with Crippen LogP contribution in [-0.4, -0.2) is 15.9 Å². The fraction of sp³-hybridized carbons (Fsp3) is 0.125. The number of benzene rings is 1. The Balaban J connectivity index is 1.72. The molecule has 0 unspecified atom stereocenters. The quantitative estimate of drug-likeness (QED) is 0.416. The molecule has 5 nitrogen and oxygen atoms in total. The van der Waals surface area contributed by atoms with Crippen molar-refractivity contribution in [2.75, 3.05) is 10.6 Å². The zero-order valence-corrected chi connectivity index (χ0v) is 17.4. The number of hydrogen-bond donors (Lipinski definition) is 2. The molecular formula is C24H22N4OS. The average molecular weight is 415 g/mol. The highest BCUT2D eigenvalue weighted by Crippen LogP contribution is 2.37. The number of nitrogens with zero attached hydrogens (tertiary/aromatic N) is 2. The second-order valence-corrected chi connectivity index (χ2v) is 7.85. The number of hydrogen-bond acceptors (Lipinski definition) is 5. The highest BCUT2D eigenvalue weighted by molar-refractivity contribution is 7.16. The summed E-state index contributed by atoms with van der Waals surface area (Å²) in [7, 11) is 0. The Morgan fingerprint density at radius 1 is 0.967 bits per heavy atom. The lowest BCUT2D eigenvalue weighted by Crippen LogP contribution is -2.17. The summed E-state index contributed by atoms with van der Waals surface area (Å²) in [4.78, 5) is 23.0. The van der Waals surface area contributed by atoms with Gasteiger partial charge in [0.2, 0.25) is 0 Å². The monoisotopic (exact) mass is 414 g/mol. The maximum atomic E-state index is 12.8. The van der Waals surface area contributed by atoms with Gasteiger partial charge in [-0.25, -0.2) is 4.98 Å². The van der Waals surface area contributed by atoms with E-state index in [1.165, 1.54) is 4.88 Å². The third kappa shape index (κ3) is 4.55. The Kier molecular flexibility index (Phi) is 6.15. The Bertz CT molecular complexity index is 1100. The molecule has 4 rings (SSSR count). The third-order valence-electron chi connectivity index (χ3n) is 4.67. The van der Waals surface area contributed by atoms with Crippen LogP contribution < -0.4 is 10.6 Å². The first-order valence-corrected chi connectivity index (χ1v) is 10.6. The van der Waals surface area contributed by atoms with Crippen molar-refractivity contribution in [1.29, 1.82) is 0 Å². The molecule has 0 radical (unpaired) electrons. The topological polar surface area (TPSA) is 66.9 Å². The lowest BCUT2D eigenvalue weighted by Gasteiger charge is -2.20. The van der Waals surface area contributed by atoms with Crippen molar-refractivity contribution in [2.45, 2.75) is 19.4 Å². The van der Waals surface area contributed by atoms with Gasteiger partial charge in [-0.1, -0.05) is 37.3 Å². The Labute approximate surface area is 179 Å². The van der Waals surface area contributed by atoms with Crippen molar-refractivity contribution in [2.24, 2.45) is 0 Å². The molecule has 0 saturated heterocycles. The van der Waals surface area contributed by atoms with Gasteiger partial charge in [0, 0.05) is 28.4 Å². The van der Waals surface area contributed by atoms with Crippen molar-refractivity contribution < 1.29 is 4.79 Å². The van der Waals surface area contributed by atoms with E-state index < -0.39 is 0 Å². The second-order valence-electron chi connectivity index (χ2n) is 6.72. The maximum Gasteiger partial charge on any atom is 0.256 e. The summed E-state index contributed by atoms with van der Waals surface area (Å²) in [5, 5.41) is 7.41. The first-order valence-electron chi connectivity index (χ1n) is 9.82. The van der Waals surface area contributed by atoms with Crippen LogP contribution >= 0.6 is 11.3 Å². The summed E-state index contributed by atoms with van der Waals surface area (Å²) < 4.78 is 0. The molecule has 0 aliphatic rings. The van der Waals surface area contributed by atoms with Gasteiger partial charge >= 0.3 is 0 Å². The molecule has 0 spiro atoms. The van der Waals surface area contributed by atoms with Crippen LogP contribution in [0, 0.1) is 0 Å². The van der Waals surface area contributed by atoms with Crippen molar-refractivity contribution in [3.8, 4) is 0 Å².